The van der Waals surface area contributed by atoms with Gasteiger partial charge in [-0.3, -0.25) is 4.90 Å². The van der Waals surface area contributed by atoms with Crippen LogP contribution in [-0.2, 0) is 19.6 Å². The van der Waals surface area contributed by atoms with Gasteiger partial charge < -0.3 is 5.32 Å². The quantitative estimate of drug-likeness (QED) is 0.883. The molecule has 0 bridgehead atoms. The molecule has 0 saturated carbocycles. The fraction of sp³-hybridized carbons (Fsp3) is 0.571. The molecule has 0 aliphatic carbocycles. The topological polar surface area (TPSA) is 15.3 Å². The second kappa shape index (κ2) is 5.01. The standard InChI is InChI=1S/C14H20N2S/c1-16(14-4-5-17-10-14)9-11-2-3-12-7-15-8-13(12)6-11/h2-3,6,14-15H,4-5,7-10H2,1H3. The highest BCUT2D eigenvalue weighted by Gasteiger charge is 2.20. The molecule has 2 aliphatic rings. The molecular formula is C14H20N2S. The van der Waals surface area contributed by atoms with E-state index in [1.807, 2.05) is 0 Å². The average molecular weight is 248 g/mol. The highest BCUT2D eigenvalue weighted by atomic mass is 32.2. The van der Waals surface area contributed by atoms with E-state index in [9.17, 15) is 0 Å². The van der Waals surface area contributed by atoms with Gasteiger partial charge >= 0.3 is 0 Å². The minimum absolute atomic E-state index is 0.784. The minimum Gasteiger partial charge on any atom is -0.309 e. The minimum atomic E-state index is 0.784. The molecule has 0 aromatic heterocycles. The third-order valence-electron chi connectivity index (χ3n) is 3.86. The van der Waals surface area contributed by atoms with Crippen LogP contribution in [0.4, 0.5) is 0 Å². The van der Waals surface area contributed by atoms with E-state index in [1.165, 1.54) is 34.6 Å². The number of benzene rings is 1. The Hall–Kier alpha value is -0.510. The molecule has 92 valence electrons. The summed E-state index contributed by atoms with van der Waals surface area (Å²) in [5.41, 5.74) is 4.44. The Morgan fingerprint density at radius 2 is 2.24 bits per heavy atom. The molecule has 1 unspecified atom stereocenters. The summed E-state index contributed by atoms with van der Waals surface area (Å²) in [6.45, 7) is 3.19. The molecule has 1 N–H and O–H groups in total. The first-order valence-electron chi connectivity index (χ1n) is 6.42. The summed E-state index contributed by atoms with van der Waals surface area (Å²) in [6.07, 6.45) is 1.35. The van der Waals surface area contributed by atoms with Crippen molar-refractivity contribution in [3.05, 3.63) is 34.9 Å². The Balaban J connectivity index is 1.68. The third kappa shape index (κ3) is 2.51. The van der Waals surface area contributed by atoms with Crippen molar-refractivity contribution in [2.45, 2.75) is 32.1 Å². The number of nitrogens with one attached hydrogen (secondary N) is 1. The van der Waals surface area contributed by atoms with Gasteiger partial charge in [0.05, 0.1) is 0 Å². The summed E-state index contributed by atoms with van der Waals surface area (Å²) in [4.78, 5) is 2.52. The van der Waals surface area contributed by atoms with E-state index in [0.717, 1.165) is 25.7 Å². The number of fused-ring (bicyclic) bond motifs is 1. The Labute approximate surface area is 108 Å². The molecular weight excluding hydrogens is 228 g/mol. The molecule has 3 heteroatoms. The molecule has 0 spiro atoms. The van der Waals surface area contributed by atoms with Crippen LogP contribution in [0.5, 0.6) is 0 Å². The van der Waals surface area contributed by atoms with Crippen LogP contribution in [0.25, 0.3) is 0 Å². The molecule has 0 amide bonds. The Kier molecular flexibility index (Phi) is 3.41. The lowest BCUT2D eigenvalue weighted by molar-refractivity contribution is 0.254. The first-order valence-corrected chi connectivity index (χ1v) is 7.58. The maximum Gasteiger partial charge on any atom is 0.0234 e. The maximum absolute atomic E-state index is 3.41. The summed E-state index contributed by atoms with van der Waals surface area (Å²) in [5.74, 6) is 2.64. The fourth-order valence-electron chi connectivity index (χ4n) is 2.73. The van der Waals surface area contributed by atoms with Crippen molar-refractivity contribution in [3.8, 4) is 0 Å². The number of nitrogens with zero attached hydrogens (tertiary/aromatic N) is 1. The van der Waals surface area contributed by atoms with Crippen molar-refractivity contribution in [2.24, 2.45) is 0 Å². The summed E-state index contributed by atoms with van der Waals surface area (Å²) < 4.78 is 0. The average Bonchev–Trinajstić information content (AvgIpc) is 2.99. The third-order valence-corrected chi connectivity index (χ3v) is 5.01. The Bertz CT molecular complexity index is 399. The molecule has 17 heavy (non-hydrogen) atoms. The van der Waals surface area contributed by atoms with Crippen LogP contribution in [0, 0.1) is 0 Å². The van der Waals surface area contributed by atoms with Gasteiger partial charge in [-0.05, 0) is 35.9 Å². The van der Waals surface area contributed by atoms with Gasteiger partial charge in [0, 0.05) is 31.4 Å². The van der Waals surface area contributed by atoms with Gasteiger partial charge in [-0.2, -0.15) is 11.8 Å². The smallest absolute Gasteiger partial charge is 0.0234 e. The van der Waals surface area contributed by atoms with Gasteiger partial charge in [-0.15, -0.1) is 0 Å². The SMILES string of the molecule is CN(Cc1ccc2c(c1)CNC2)C1CCSC1. The lowest BCUT2D eigenvalue weighted by Crippen LogP contribution is -2.30. The van der Waals surface area contributed by atoms with E-state index in [4.69, 9.17) is 0 Å². The molecule has 2 aliphatic heterocycles. The monoisotopic (exact) mass is 248 g/mol. The number of hydrogen-bond acceptors (Lipinski definition) is 3. The summed E-state index contributed by atoms with van der Waals surface area (Å²) in [7, 11) is 2.27. The number of thioether (sulfide) groups is 1. The lowest BCUT2D eigenvalue weighted by Gasteiger charge is -2.23. The highest BCUT2D eigenvalue weighted by Crippen LogP contribution is 2.23. The molecule has 1 aromatic rings. The van der Waals surface area contributed by atoms with Crippen molar-refractivity contribution < 1.29 is 0 Å². The van der Waals surface area contributed by atoms with Crippen LogP contribution >= 0.6 is 11.8 Å². The molecule has 0 radical (unpaired) electrons. The van der Waals surface area contributed by atoms with E-state index in [2.05, 4.69) is 47.2 Å². The maximum atomic E-state index is 3.41. The van der Waals surface area contributed by atoms with Crippen LogP contribution in [0.1, 0.15) is 23.1 Å². The van der Waals surface area contributed by atoms with Crippen LogP contribution in [-0.4, -0.2) is 29.5 Å². The second-order valence-electron chi connectivity index (χ2n) is 5.14. The molecule has 1 atom stereocenters. The van der Waals surface area contributed by atoms with Gasteiger partial charge in [0.25, 0.3) is 0 Å². The van der Waals surface area contributed by atoms with E-state index in [1.54, 1.807) is 0 Å². The summed E-state index contributed by atoms with van der Waals surface area (Å²) in [5, 5.41) is 3.41. The van der Waals surface area contributed by atoms with Gasteiger partial charge in [0.2, 0.25) is 0 Å². The van der Waals surface area contributed by atoms with Gasteiger partial charge in [-0.25, -0.2) is 0 Å². The normalized spacial score (nSPS) is 23.3. The zero-order valence-corrected chi connectivity index (χ0v) is 11.2. The predicted molar refractivity (Wildman–Crippen MR) is 74.2 cm³/mol. The molecule has 3 rings (SSSR count). The zero-order chi connectivity index (χ0) is 11.7. The fourth-order valence-corrected chi connectivity index (χ4v) is 4.03. The zero-order valence-electron chi connectivity index (χ0n) is 10.4. The lowest BCUT2D eigenvalue weighted by atomic mass is 10.1. The van der Waals surface area contributed by atoms with Crippen molar-refractivity contribution in [3.63, 3.8) is 0 Å². The largest absolute Gasteiger partial charge is 0.309 e. The van der Waals surface area contributed by atoms with E-state index < -0.39 is 0 Å². The number of rotatable bonds is 3. The van der Waals surface area contributed by atoms with Crippen LogP contribution in [0.15, 0.2) is 18.2 Å². The summed E-state index contributed by atoms with van der Waals surface area (Å²) >= 11 is 2.09. The van der Waals surface area contributed by atoms with Crippen LogP contribution < -0.4 is 5.32 Å². The molecule has 2 nitrogen and oxygen atoms in total. The van der Waals surface area contributed by atoms with E-state index >= 15 is 0 Å². The van der Waals surface area contributed by atoms with Crippen LogP contribution in [0.2, 0.25) is 0 Å². The van der Waals surface area contributed by atoms with Crippen molar-refractivity contribution in [1.29, 1.82) is 0 Å². The Morgan fingerprint density at radius 1 is 1.35 bits per heavy atom. The number of hydrogen-bond donors (Lipinski definition) is 1. The summed E-state index contributed by atoms with van der Waals surface area (Å²) in [6, 6.07) is 7.76. The predicted octanol–water partition coefficient (Wildman–Crippen LogP) is 2.23. The van der Waals surface area contributed by atoms with Gasteiger partial charge in [0.1, 0.15) is 0 Å². The first kappa shape index (κ1) is 11.6. The molecule has 1 fully saturated rings. The first-order chi connectivity index (χ1) is 8.33. The van der Waals surface area contributed by atoms with Crippen molar-refractivity contribution >= 4 is 11.8 Å². The van der Waals surface area contributed by atoms with Gasteiger partial charge in [0.15, 0.2) is 0 Å². The molecule has 2 heterocycles. The molecule has 1 aromatic carbocycles. The van der Waals surface area contributed by atoms with E-state index in [-0.39, 0.29) is 0 Å². The highest BCUT2D eigenvalue weighted by molar-refractivity contribution is 7.99. The van der Waals surface area contributed by atoms with Gasteiger partial charge in [-0.1, -0.05) is 18.2 Å². The van der Waals surface area contributed by atoms with Crippen LogP contribution in [0.3, 0.4) is 0 Å². The second-order valence-corrected chi connectivity index (χ2v) is 6.29. The molecule has 1 saturated heterocycles. The van der Waals surface area contributed by atoms with Crippen molar-refractivity contribution in [1.82, 2.24) is 10.2 Å². The Morgan fingerprint density at radius 3 is 3.06 bits per heavy atom. The van der Waals surface area contributed by atoms with E-state index in [0.29, 0.717) is 0 Å². The van der Waals surface area contributed by atoms with Crippen molar-refractivity contribution in [2.75, 3.05) is 18.6 Å².